The molecule has 0 amide bonds. The molecule has 0 fully saturated rings. The largest absolute Gasteiger partial charge is 0.411 e. The van der Waals surface area contributed by atoms with Gasteiger partial charge in [-0.05, 0) is 120 Å². The Balaban J connectivity index is 0.000000249. The number of alkyl halides is 6. The summed E-state index contributed by atoms with van der Waals surface area (Å²) in [5, 5.41) is 3.34. The number of hydrogen-bond donors (Lipinski definition) is 3. The molecule has 4 nitrogen and oxygen atoms in total. The van der Waals surface area contributed by atoms with Crippen molar-refractivity contribution in [3.63, 3.8) is 0 Å². The van der Waals surface area contributed by atoms with Gasteiger partial charge in [-0.25, -0.2) is 0 Å². The maximum absolute atomic E-state index is 13.9. The van der Waals surface area contributed by atoms with Crippen molar-refractivity contribution in [1.29, 1.82) is 0 Å². The van der Waals surface area contributed by atoms with E-state index < -0.39 is 28.9 Å². The average Bonchev–Trinajstić information content (AvgIpc) is 2.94. The van der Waals surface area contributed by atoms with Gasteiger partial charge in [0, 0.05) is 26.0 Å². The number of halogens is 10. The highest BCUT2D eigenvalue weighted by Gasteiger charge is 2.72. The van der Waals surface area contributed by atoms with Crippen molar-refractivity contribution in [2.75, 3.05) is 27.4 Å². The Bertz CT molecular complexity index is 1530. The molecule has 4 aromatic rings. The van der Waals surface area contributed by atoms with Gasteiger partial charge in [-0.2, -0.15) is 26.3 Å². The number of benzene rings is 4. The van der Waals surface area contributed by atoms with Crippen LogP contribution in [-0.4, -0.2) is 19.0 Å². The van der Waals surface area contributed by atoms with Gasteiger partial charge in [0.25, 0.3) is 0 Å². The normalized spacial score (nSPS) is 11.9. The number of nitrogen functional groups attached to an aromatic ring is 2. The van der Waals surface area contributed by atoms with Crippen LogP contribution < -0.4 is 20.7 Å². The molecule has 0 spiro atoms. The van der Waals surface area contributed by atoms with Crippen molar-refractivity contribution in [2.24, 2.45) is 0 Å². The first-order valence-electron chi connectivity index (χ1n) is 12.6. The fraction of sp³-hybridized carbons (Fsp3) is 0.200. The number of hydrogen-bond acceptors (Lipinski definition) is 4. The van der Waals surface area contributed by atoms with Crippen molar-refractivity contribution in [1.82, 2.24) is 0 Å². The zero-order chi connectivity index (χ0) is 33.0. The Kier molecular flexibility index (Phi) is 11.8. The molecule has 0 bridgehead atoms. The molecule has 14 heteroatoms. The van der Waals surface area contributed by atoms with Gasteiger partial charge in [-0.1, -0.05) is 42.5 Å². The second-order valence-corrected chi connectivity index (χ2v) is 12.9. The summed E-state index contributed by atoms with van der Waals surface area (Å²) in [6, 6.07) is 19.4. The quantitative estimate of drug-likeness (QED) is 0.0594. The fourth-order valence-electron chi connectivity index (χ4n) is 4.23. The number of anilines is 4. The van der Waals surface area contributed by atoms with Crippen molar-refractivity contribution in [3.05, 3.63) is 115 Å². The van der Waals surface area contributed by atoms with Crippen LogP contribution in [0, 0.1) is 13.8 Å². The third-order valence-electron chi connectivity index (χ3n) is 6.75. The predicted molar refractivity (Wildman–Crippen MR) is 180 cm³/mol. The lowest BCUT2D eigenvalue weighted by atomic mass is 9.72. The van der Waals surface area contributed by atoms with Crippen molar-refractivity contribution < 1.29 is 26.3 Å². The Morgan fingerprint density at radius 1 is 0.682 bits per heavy atom. The van der Waals surface area contributed by atoms with E-state index in [0.29, 0.717) is 29.9 Å². The minimum atomic E-state index is -5.66. The van der Waals surface area contributed by atoms with E-state index in [0.717, 1.165) is 49.1 Å². The van der Waals surface area contributed by atoms with Crippen molar-refractivity contribution >= 4 is 86.7 Å². The summed E-state index contributed by atoms with van der Waals surface area (Å²) in [4.78, 5) is 0. The van der Waals surface area contributed by atoms with E-state index in [9.17, 15) is 26.3 Å². The summed E-state index contributed by atoms with van der Waals surface area (Å²) in [7, 11) is 0. The molecule has 0 aliphatic heterocycles. The molecular weight excluding hydrogens is 850 g/mol. The molecule has 5 N–H and O–H groups in total. The maximum Gasteiger partial charge on any atom is 0.411 e. The Hall–Kier alpha value is -2.42. The number of nitrogens with one attached hydrogen (secondary N) is 1. The smallest absolute Gasteiger partial charge is 0.399 e. The Morgan fingerprint density at radius 2 is 1.16 bits per heavy atom. The van der Waals surface area contributed by atoms with E-state index in [1.807, 2.05) is 46.4 Å². The molecular formula is C30H26Br4F6N4. The highest BCUT2D eigenvalue weighted by Crippen LogP contribution is 2.56. The zero-order valence-corrected chi connectivity index (χ0v) is 29.4. The van der Waals surface area contributed by atoms with E-state index in [-0.39, 0.29) is 11.4 Å². The first-order valence-corrected chi connectivity index (χ1v) is 15.7. The van der Waals surface area contributed by atoms with E-state index >= 15 is 0 Å². The minimum Gasteiger partial charge on any atom is -0.399 e. The molecule has 0 atom stereocenters. The molecule has 4 rings (SSSR count). The van der Waals surface area contributed by atoms with Crippen LogP contribution in [0.2, 0.25) is 0 Å². The summed E-state index contributed by atoms with van der Waals surface area (Å²) >= 11 is 14.2. The Morgan fingerprint density at radius 3 is 1.59 bits per heavy atom. The number of para-hydroxylation sites is 1. The van der Waals surface area contributed by atoms with Crippen molar-refractivity contribution in [2.45, 2.75) is 31.6 Å². The summed E-state index contributed by atoms with van der Waals surface area (Å²) in [5.74, 6) is 0. The molecule has 0 heterocycles. The lowest BCUT2D eigenvalue weighted by molar-refractivity contribution is -0.288. The fourth-order valence-corrected chi connectivity index (χ4v) is 6.38. The second kappa shape index (κ2) is 14.3. The molecule has 0 saturated carbocycles. The number of aryl methyl sites for hydroxylation is 2. The minimum absolute atomic E-state index is 0.157. The second-order valence-electron chi connectivity index (χ2n) is 9.65. The van der Waals surface area contributed by atoms with E-state index in [1.54, 1.807) is 0 Å². The molecule has 0 unspecified atom stereocenters. The van der Waals surface area contributed by atoms with Crippen LogP contribution in [0.5, 0.6) is 0 Å². The molecule has 0 aromatic heterocycles. The summed E-state index contributed by atoms with van der Waals surface area (Å²) in [6.45, 7) is 3.63. The molecule has 4 aromatic carbocycles. The Labute approximate surface area is 284 Å². The number of nitrogens with zero attached hydrogens (tertiary/aromatic N) is 1. The molecule has 0 aliphatic carbocycles. The average molecular weight is 876 g/mol. The molecule has 236 valence electrons. The number of rotatable bonds is 6. The molecule has 44 heavy (non-hydrogen) atoms. The van der Waals surface area contributed by atoms with Crippen molar-refractivity contribution in [3.8, 4) is 0 Å². The van der Waals surface area contributed by atoms with Gasteiger partial charge in [0.05, 0.1) is 33.0 Å². The molecule has 0 aliphatic rings. The first kappa shape index (κ1) is 36.1. The van der Waals surface area contributed by atoms with E-state index in [2.05, 4.69) is 69.3 Å². The monoisotopic (exact) mass is 872 g/mol. The van der Waals surface area contributed by atoms with Crippen LogP contribution in [0.15, 0.2) is 92.3 Å². The summed E-state index contributed by atoms with van der Waals surface area (Å²) in [6.07, 6.45) is -11.3. The van der Waals surface area contributed by atoms with Crippen LogP contribution in [0.4, 0.5) is 49.1 Å². The first-order chi connectivity index (χ1) is 20.4. The zero-order valence-electron chi connectivity index (χ0n) is 23.1. The SMILES string of the molecule is Brc1ccc(N(Br)CNc2ccccc2)c(Br)c1Br.Cc1ccc(C(c2ccc(C)c(N)c2)(C(F)(F)F)C(F)(F)F)cc1N. The number of nitrogens with two attached hydrogens (primary N) is 2. The molecule has 0 radical (unpaired) electrons. The van der Waals surface area contributed by atoms with Gasteiger partial charge in [0.2, 0.25) is 5.41 Å². The van der Waals surface area contributed by atoms with Crippen LogP contribution in [0.25, 0.3) is 0 Å². The van der Waals surface area contributed by atoms with E-state index in [1.165, 1.54) is 13.8 Å². The van der Waals surface area contributed by atoms with Gasteiger partial charge < -0.3 is 16.8 Å². The molecule has 0 saturated heterocycles. The van der Waals surface area contributed by atoms with Crippen LogP contribution in [0.3, 0.4) is 0 Å². The standard InChI is InChI=1S/C17H16F6N2.C13H10Br4N2/c1-9-3-5-11(7-13(9)24)15(16(18,19)20,17(21,22)23)12-6-4-10(2)14(25)8-12;14-10-6-7-11(13(16)12(10)15)19(17)8-18-9-4-2-1-3-5-9/h3-8H,24-25H2,1-2H3;1-7,18H,8H2. The maximum atomic E-state index is 13.9. The van der Waals surface area contributed by atoms with Crippen LogP contribution in [-0.2, 0) is 5.41 Å². The van der Waals surface area contributed by atoms with E-state index in [4.69, 9.17) is 11.5 Å². The third-order valence-corrected chi connectivity index (χ3v) is 10.7. The lowest BCUT2D eigenvalue weighted by Gasteiger charge is -2.38. The van der Waals surface area contributed by atoms with Gasteiger partial charge >= 0.3 is 12.4 Å². The topological polar surface area (TPSA) is 67.3 Å². The third kappa shape index (κ3) is 7.68. The van der Waals surface area contributed by atoms with Gasteiger partial charge in [-0.3, -0.25) is 3.93 Å². The summed E-state index contributed by atoms with van der Waals surface area (Å²) in [5.41, 5.74) is 7.49. The summed E-state index contributed by atoms with van der Waals surface area (Å²) < 4.78 is 88.4. The van der Waals surface area contributed by atoms with Crippen LogP contribution in [0.1, 0.15) is 22.3 Å². The predicted octanol–water partition coefficient (Wildman–Crippen LogP) is 11.0. The highest BCUT2D eigenvalue weighted by molar-refractivity contribution is 9.14. The van der Waals surface area contributed by atoms with Gasteiger partial charge in [-0.15, -0.1) is 0 Å². The highest BCUT2D eigenvalue weighted by atomic mass is 79.9. The van der Waals surface area contributed by atoms with Gasteiger partial charge in [0.15, 0.2) is 0 Å². The van der Waals surface area contributed by atoms with Gasteiger partial charge in [0.1, 0.15) is 0 Å². The lowest BCUT2D eigenvalue weighted by Crippen LogP contribution is -2.54. The van der Waals surface area contributed by atoms with Crippen LogP contribution >= 0.6 is 63.9 Å².